The number of aryl methyl sites for hydroxylation is 1. The van der Waals surface area contributed by atoms with Gasteiger partial charge >= 0.3 is 0 Å². The predicted octanol–water partition coefficient (Wildman–Crippen LogP) is 1.52. The second-order valence-corrected chi connectivity index (χ2v) is 3.80. The van der Waals surface area contributed by atoms with Crippen LogP contribution in [0.15, 0.2) is 0 Å². The molecule has 0 aliphatic heterocycles. The lowest BCUT2D eigenvalue weighted by atomic mass is 10.3. The standard InChI is InChI=1S/C9H17N3O2S/c1-4-5-7-11-9(15-12-7)10-6-8(13-2)14-3/h8H,4-6H2,1-3H3,(H,10,11,12). The summed E-state index contributed by atoms with van der Waals surface area (Å²) in [6, 6.07) is 0. The quantitative estimate of drug-likeness (QED) is 0.721. The van der Waals surface area contributed by atoms with Gasteiger partial charge in [0.2, 0.25) is 5.13 Å². The van der Waals surface area contributed by atoms with Crippen LogP contribution in [0.4, 0.5) is 5.13 Å². The van der Waals surface area contributed by atoms with Crippen LogP contribution in [0.25, 0.3) is 0 Å². The first-order valence-electron chi connectivity index (χ1n) is 4.92. The summed E-state index contributed by atoms with van der Waals surface area (Å²) < 4.78 is 14.3. The number of aromatic nitrogens is 2. The SMILES string of the molecule is CCCc1nsc(NCC(OC)OC)n1. The second-order valence-electron chi connectivity index (χ2n) is 3.05. The molecule has 0 saturated heterocycles. The van der Waals surface area contributed by atoms with Gasteiger partial charge in [-0.05, 0) is 6.42 Å². The molecule has 6 heteroatoms. The van der Waals surface area contributed by atoms with Crippen molar-refractivity contribution in [1.29, 1.82) is 0 Å². The summed E-state index contributed by atoms with van der Waals surface area (Å²) in [7, 11) is 3.22. The van der Waals surface area contributed by atoms with E-state index in [2.05, 4.69) is 21.6 Å². The van der Waals surface area contributed by atoms with Crippen LogP contribution in [0.1, 0.15) is 19.2 Å². The van der Waals surface area contributed by atoms with E-state index in [1.54, 1.807) is 14.2 Å². The van der Waals surface area contributed by atoms with Gasteiger partial charge < -0.3 is 14.8 Å². The Morgan fingerprint density at radius 3 is 2.73 bits per heavy atom. The molecule has 1 heterocycles. The maximum atomic E-state index is 5.05. The predicted molar refractivity (Wildman–Crippen MR) is 60.2 cm³/mol. The van der Waals surface area contributed by atoms with Gasteiger partial charge in [0, 0.05) is 32.2 Å². The van der Waals surface area contributed by atoms with Gasteiger partial charge in [0.15, 0.2) is 6.29 Å². The average molecular weight is 231 g/mol. The Hall–Kier alpha value is -0.720. The minimum Gasteiger partial charge on any atom is -0.355 e. The van der Waals surface area contributed by atoms with Gasteiger partial charge in [-0.15, -0.1) is 0 Å². The van der Waals surface area contributed by atoms with E-state index in [0.29, 0.717) is 6.54 Å². The third kappa shape index (κ3) is 4.11. The number of nitrogens with zero attached hydrogens (tertiary/aromatic N) is 2. The lowest BCUT2D eigenvalue weighted by Crippen LogP contribution is -2.23. The highest BCUT2D eigenvalue weighted by atomic mass is 32.1. The topological polar surface area (TPSA) is 56.3 Å². The summed E-state index contributed by atoms with van der Waals surface area (Å²) in [6.45, 7) is 2.69. The number of rotatable bonds is 7. The molecule has 0 atom stereocenters. The number of methoxy groups -OCH3 is 2. The molecule has 0 aliphatic carbocycles. The third-order valence-corrected chi connectivity index (χ3v) is 2.60. The van der Waals surface area contributed by atoms with Gasteiger partial charge in [-0.3, -0.25) is 0 Å². The average Bonchev–Trinajstić information content (AvgIpc) is 2.68. The van der Waals surface area contributed by atoms with Crippen LogP contribution in [-0.4, -0.2) is 36.4 Å². The Balaban J connectivity index is 2.36. The number of anilines is 1. The molecule has 0 spiro atoms. The number of ether oxygens (including phenoxy) is 2. The lowest BCUT2D eigenvalue weighted by molar-refractivity contribution is -0.0914. The van der Waals surface area contributed by atoms with Crippen molar-refractivity contribution in [2.75, 3.05) is 26.1 Å². The summed E-state index contributed by atoms with van der Waals surface area (Å²) in [5.74, 6) is 0.899. The van der Waals surface area contributed by atoms with Crippen molar-refractivity contribution >= 4 is 16.7 Å². The van der Waals surface area contributed by atoms with E-state index < -0.39 is 0 Å². The highest BCUT2D eigenvalue weighted by Gasteiger charge is 2.07. The first kappa shape index (κ1) is 12.4. The van der Waals surface area contributed by atoms with E-state index >= 15 is 0 Å². The van der Waals surface area contributed by atoms with Crippen LogP contribution in [-0.2, 0) is 15.9 Å². The van der Waals surface area contributed by atoms with Gasteiger partial charge in [0.25, 0.3) is 0 Å². The Kier molecular flexibility index (Phi) is 5.52. The summed E-state index contributed by atoms with van der Waals surface area (Å²) >= 11 is 1.37. The molecule has 0 fully saturated rings. The molecule has 0 unspecified atom stereocenters. The second kappa shape index (κ2) is 6.71. The molecular weight excluding hydrogens is 214 g/mol. The van der Waals surface area contributed by atoms with Crippen molar-refractivity contribution in [2.24, 2.45) is 0 Å². The monoisotopic (exact) mass is 231 g/mol. The van der Waals surface area contributed by atoms with Gasteiger partial charge in [-0.1, -0.05) is 6.92 Å². The molecule has 15 heavy (non-hydrogen) atoms. The number of hydrogen-bond acceptors (Lipinski definition) is 6. The van der Waals surface area contributed by atoms with E-state index in [0.717, 1.165) is 23.8 Å². The van der Waals surface area contributed by atoms with Gasteiger partial charge in [-0.2, -0.15) is 4.37 Å². The lowest BCUT2D eigenvalue weighted by Gasteiger charge is -2.12. The van der Waals surface area contributed by atoms with Crippen LogP contribution >= 0.6 is 11.5 Å². The summed E-state index contributed by atoms with van der Waals surface area (Å²) in [5.41, 5.74) is 0. The fourth-order valence-electron chi connectivity index (χ4n) is 1.08. The maximum Gasteiger partial charge on any atom is 0.202 e. The Bertz CT molecular complexity index is 276. The first-order chi connectivity index (χ1) is 7.30. The zero-order chi connectivity index (χ0) is 11.1. The van der Waals surface area contributed by atoms with E-state index in [4.69, 9.17) is 9.47 Å². The Morgan fingerprint density at radius 1 is 1.40 bits per heavy atom. The van der Waals surface area contributed by atoms with Crippen LogP contribution < -0.4 is 5.32 Å². The summed E-state index contributed by atoms with van der Waals surface area (Å²) in [5, 5.41) is 3.94. The van der Waals surface area contributed by atoms with E-state index in [1.807, 2.05) is 0 Å². The molecule has 1 aromatic heterocycles. The smallest absolute Gasteiger partial charge is 0.202 e. The summed E-state index contributed by atoms with van der Waals surface area (Å²) in [6.07, 6.45) is 1.74. The molecular formula is C9H17N3O2S. The van der Waals surface area contributed by atoms with E-state index in [1.165, 1.54) is 11.5 Å². The first-order valence-corrected chi connectivity index (χ1v) is 5.69. The van der Waals surface area contributed by atoms with Crippen molar-refractivity contribution in [3.63, 3.8) is 0 Å². The molecule has 1 rings (SSSR count). The molecule has 1 aromatic rings. The summed E-state index contributed by atoms with van der Waals surface area (Å²) in [4.78, 5) is 4.33. The molecule has 0 amide bonds. The van der Waals surface area contributed by atoms with Crippen molar-refractivity contribution < 1.29 is 9.47 Å². The molecule has 0 aliphatic rings. The minimum atomic E-state index is -0.247. The maximum absolute atomic E-state index is 5.05. The fraction of sp³-hybridized carbons (Fsp3) is 0.778. The zero-order valence-corrected chi connectivity index (χ0v) is 10.1. The van der Waals surface area contributed by atoms with E-state index in [9.17, 15) is 0 Å². The normalized spacial score (nSPS) is 10.9. The zero-order valence-electron chi connectivity index (χ0n) is 9.32. The van der Waals surface area contributed by atoms with Crippen molar-refractivity contribution in [2.45, 2.75) is 26.1 Å². The Labute approximate surface area is 94.0 Å². The van der Waals surface area contributed by atoms with Crippen molar-refractivity contribution in [3.8, 4) is 0 Å². The highest BCUT2D eigenvalue weighted by Crippen LogP contribution is 2.12. The largest absolute Gasteiger partial charge is 0.355 e. The van der Waals surface area contributed by atoms with Crippen LogP contribution in [0, 0.1) is 0 Å². The number of nitrogens with one attached hydrogen (secondary N) is 1. The Morgan fingerprint density at radius 2 is 2.13 bits per heavy atom. The van der Waals surface area contributed by atoms with Crippen LogP contribution in [0.3, 0.4) is 0 Å². The molecule has 0 bridgehead atoms. The fourth-order valence-corrected chi connectivity index (χ4v) is 1.70. The van der Waals surface area contributed by atoms with Crippen molar-refractivity contribution in [1.82, 2.24) is 9.36 Å². The number of hydrogen-bond donors (Lipinski definition) is 1. The molecule has 0 radical (unpaired) electrons. The molecule has 0 aromatic carbocycles. The third-order valence-electron chi connectivity index (χ3n) is 1.89. The van der Waals surface area contributed by atoms with Gasteiger partial charge in [0.1, 0.15) is 5.82 Å². The molecule has 86 valence electrons. The van der Waals surface area contributed by atoms with E-state index in [-0.39, 0.29) is 6.29 Å². The van der Waals surface area contributed by atoms with Crippen LogP contribution in [0.5, 0.6) is 0 Å². The van der Waals surface area contributed by atoms with Crippen molar-refractivity contribution in [3.05, 3.63) is 5.82 Å². The highest BCUT2D eigenvalue weighted by molar-refractivity contribution is 7.09. The minimum absolute atomic E-state index is 0.247. The molecule has 5 nitrogen and oxygen atoms in total. The molecule has 0 saturated carbocycles. The van der Waals surface area contributed by atoms with Crippen LogP contribution in [0.2, 0.25) is 0 Å². The molecule has 1 N–H and O–H groups in total. The van der Waals surface area contributed by atoms with Gasteiger partial charge in [-0.25, -0.2) is 4.98 Å². The van der Waals surface area contributed by atoms with Gasteiger partial charge in [0.05, 0.1) is 6.54 Å².